The molecule has 0 aromatic heterocycles. The Morgan fingerprint density at radius 1 is 1.50 bits per heavy atom. The molecule has 0 unspecified atom stereocenters. The molecule has 0 fully saturated rings. The van der Waals surface area contributed by atoms with Gasteiger partial charge in [0.25, 0.3) is 5.91 Å². The summed E-state index contributed by atoms with van der Waals surface area (Å²) >= 11 is 5.39. The van der Waals surface area contributed by atoms with E-state index in [1.54, 1.807) is 4.90 Å². The molecule has 0 aromatic rings. The lowest BCUT2D eigenvalue weighted by Crippen LogP contribution is -2.30. The maximum absolute atomic E-state index is 11.0. The van der Waals surface area contributed by atoms with E-state index in [0.717, 1.165) is 0 Å². The molecule has 0 aromatic carbocycles. The van der Waals surface area contributed by atoms with E-state index < -0.39 is 0 Å². The highest BCUT2D eigenvalue weighted by Crippen LogP contribution is 2.02. The van der Waals surface area contributed by atoms with Crippen LogP contribution in [0.4, 0.5) is 0 Å². The van der Waals surface area contributed by atoms with Gasteiger partial charge in [0.2, 0.25) is 0 Å². The fourth-order valence-electron chi connectivity index (χ4n) is 0.682. The molecular formula is C7H12ClNO. The quantitative estimate of drug-likeness (QED) is 0.576. The molecule has 3 heteroatoms. The van der Waals surface area contributed by atoms with Gasteiger partial charge >= 0.3 is 0 Å². The van der Waals surface area contributed by atoms with E-state index in [-0.39, 0.29) is 10.9 Å². The van der Waals surface area contributed by atoms with Crippen molar-refractivity contribution in [1.82, 2.24) is 4.90 Å². The van der Waals surface area contributed by atoms with Crippen LogP contribution in [-0.4, -0.2) is 23.9 Å². The highest BCUT2D eigenvalue weighted by atomic mass is 35.5. The third-order valence-corrected chi connectivity index (χ3v) is 1.44. The third kappa shape index (κ3) is 2.40. The Labute approximate surface area is 66.5 Å². The summed E-state index contributed by atoms with van der Waals surface area (Å²) in [7, 11) is 0. The van der Waals surface area contributed by atoms with E-state index in [1.165, 1.54) is 0 Å². The first-order valence-electron chi connectivity index (χ1n) is 3.27. The monoisotopic (exact) mass is 161 g/mol. The summed E-state index contributed by atoms with van der Waals surface area (Å²) in [4.78, 5) is 12.6. The number of nitrogens with zero attached hydrogens (tertiary/aromatic N) is 1. The summed E-state index contributed by atoms with van der Waals surface area (Å²) in [6, 6.07) is 0. The maximum Gasteiger partial charge on any atom is 0.264 e. The Bertz CT molecular complexity index is 141. The lowest BCUT2D eigenvalue weighted by atomic mass is 10.4. The molecule has 0 radical (unpaired) electrons. The fourth-order valence-corrected chi connectivity index (χ4v) is 0.802. The third-order valence-electron chi connectivity index (χ3n) is 1.28. The van der Waals surface area contributed by atoms with E-state index in [2.05, 4.69) is 6.58 Å². The Morgan fingerprint density at radius 2 is 1.90 bits per heavy atom. The number of likely N-dealkylation sites (N-methyl/N-ethyl adjacent to an activating group) is 1. The van der Waals surface area contributed by atoms with Crippen molar-refractivity contribution in [2.45, 2.75) is 13.8 Å². The standard InChI is InChI=1S/C7H12ClNO/c1-4-9(5-2)7(10)6(3)8/h3-5H2,1-2H3. The van der Waals surface area contributed by atoms with E-state index in [0.29, 0.717) is 13.1 Å². The lowest BCUT2D eigenvalue weighted by Gasteiger charge is -2.16. The molecule has 58 valence electrons. The normalized spacial score (nSPS) is 9.10. The van der Waals surface area contributed by atoms with E-state index in [1.807, 2.05) is 13.8 Å². The van der Waals surface area contributed by atoms with Gasteiger partial charge in [-0.25, -0.2) is 0 Å². The summed E-state index contributed by atoms with van der Waals surface area (Å²) in [5.41, 5.74) is 0. The molecule has 10 heavy (non-hydrogen) atoms. The van der Waals surface area contributed by atoms with Crippen molar-refractivity contribution < 1.29 is 4.79 Å². The average molecular weight is 162 g/mol. The minimum atomic E-state index is -0.174. The maximum atomic E-state index is 11.0. The molecule has 0 atom stereocenters. The zero-order valence-corrected chi connectivity index (χ0v) is 7.11. The fraction of sp³-hybridized carbons (Fsp3) is 0.571. The SMILES string of the molecule is C=C(Cl)C(=O)N(CC)CC. The van der Waals surface area contributed by atoms with Gasteiger partial charge in [0.1, 0.15) is 0 Å². The van der Waals surface area contributed by atoms with Crippen molar-refractivity contribution in [3.63, 3.8) is 0 Å². The largest absolute Gasteiger partial charge is 0.338 e. The smallest absolute Gasteiger partial charge is 0.264 e. The van der Waals surface area contributed by atoms with Crippen LogP contribution >= 0.6 is 11.6 Å². The summed E-state index contributed by atoms with van der Waals surface area (Å²) < 4.78 is 0. The zero-order valence-electron chi connectivity index (χ0n) is 6.35. The lowest BCUT2D eigenvalue weighted by molar-refractivity contribution is -0.126. The van der Waals surface area contributed by atoms with Crippen LogP contribution < -0.4 is 0 Å². The summed E-state index contributed by atoms with van der Waals surface area (Å²) in [5.74, 6) is -0.174. The minimum Gasteiger partial charge on any atom is -0.338 e. The van der Waals surface area contributed by atoms with E-state index in [4.69, 9.17) is 11.6 Å². The summed E-state index contributed by atoms with van der Waals surface area (Å²) in [6.07, 6.45) is 0. The van der Waals surface area contributed by atoms with Crippen molar-refractivity contribution in [1.29, 1.82) is 0 Å². The van der Waals surface area contributed by atoms with E-state index >= 15 is 0 Å². The molecule has 0 saturated heterocycles. The van der Waals surface area contributed by atoms with Crippen LogP contribution in [0.15, 0.2) is 11.6 Å². The number of carbonyl (C=O) groups excluding carboxylic acids is 1. The van der Waals surface area contributed by atoms with Crippen LogP contribution in [0, 0.1) is 0 Å². The minimum absolute atomic E-state index is 0.0868. The van der Waals surface area contributed by atoms with Crippen molar-refractivity contribution in [2.75, 3.05) is 13.1 Å². The number of hydrogen-bond acceptors (Lipinski definition) is 1. The Hall–Kier alpha value is -0.500. The molecule has 0 N–H and O–H groups in total. The molecule has 2 nitrogen and oxygen atoms in total. The molecule has 0 bridgehead atoms. The van der Waals surface area contributed by atoms with Gasteiger partial charge in [0.15, 0.2) is 0 Å². The van der Waals surface area contributed by atoms with Crippen molar-refractivity contribution in [3.05, 3.63) is 11.6 Å². The highest BCUT2D eigenvalue weighted by molar-refractivity contribution is 6.41. The van der Waals surface area contributed by atoms with Crippen LogP contribution in [-0.2, 0) is 4.79 Å². The number of halogens is 1. The Kier molecular flexibility index (Phi) is 4.12. The highest BCUT2D eigenvalue weighted by Gasteiger charge is 2.10. The van der Waals surface area contributed by atoms with Crippen molar-refractivity contribution in [3.8, 4) is 0 Å². The van der Waals surface area contributed by atoms with Crippen LogP contribution in [0.5, 0.6) is 0 Å². The molecule has 0 heterocycles. The number of hydrogen-bond donors (Lipinski definition) is 0. The summed E-state index contributed by atoms with van der Waals surface area (Å²) in [6.45, 7) is 8.52. The van der Waals surface area contributed by atoms with Crippen LogP contribution in [0.2, 0.25) is 0 Å². The van der Waals surface area contributed by atoms with Gasteiger partial charge in [-0.15, -0.1) is 0 Å². The zero-order chi connectivity index (χ0) is 8.15. The van der Waals surface area contributed by atoms with Crippen molar-refractivity contribution >= 4 is 17.5 Å². The van der Waals surface area contributed by atoms with Gasteiger partial charge in [0.05, 0.1) is 5.03 Å². The first kappa shape index (κ1) is 9.50. The molecular weight excluding hydrogens is 150 g/mol. The molecule has 0 aliphatic heterocycles. The predicted molar refractivity (Wildman–Crippen MR) is 42.9 cm³/mol. The van der Waals surface area contributed by atoms with Gasteiger partial charge in [-0.1, -0.05) is 18.2 Å². The number of amides is 1. The first-order chi connectivity index (χ1) is 4.63. The Morgan fingerprint density at radius 3 is 2.00 bits per heavy atom. The van der Waals surface area contributed by atoms with Crippen molar-refractivity contribution in [2.24, 2.45) is 0 Å². The van der Waals surface area contributed by atoms with E-state index in [9.17, 15) is 4.79 Å². The van der Waals surface area contributed by atoms with Crippen LogP contribution in [0.1, 0.15) is 13.8 Å². The predicted octanol–water partition coefficient (Wildman–Crippen LogP) is 1.61. The molecule has 0 saturated carbocycles. The molecule has 1 amide bonds. The molecule has 0 aliphatic carbocycles. The van der Waals surface area contributed by atoms with Gasteiger partial charge in [-0.3, -0.25) is 4.79 Å². The molecule has 0 rings (SSSR count). The second kappa shape index (κ2) is 4.34. The topological polar surface area (TPSA) is 20.3 Å². The molecule has 0 spiro atoms. The van der Waals surface area contributed by atoms with Gasteiger partial charge < -0.3 is 4.90 Å². The number of carbonyl (C=O) groups is 1. The first-order valence-corrected chi connectivity index (χ1v) is 3.64. The van der Waals surface area contributed by atoms with Gasteiger partial charge in [-0.2, -0.15) is 0 Å². The van der Waals surface area contributed by atoms with Crippen LogP contribution in [0.3, 0.4) is 0 Å². The second-order valence-corrected chi connectivity index (χ2v) is 2.34. The van der Waals surface area contributed by atoms with Gasteiger partial charge in [-0.05, 0) is 13.8 Å². The summed E-state index contributed by atoms with van der Waals surface area (Å²) in [5, 5.41) is 0.0868. The number of rotatable bonds is 3. The van der Waals surface area contributed by atoms with Gasteiger partial charge in [0, 0.05) is 13.1 Å². The Balaban J connectivity index is 4.02. The average Bonchev–Trinajstić information content (AvgIpc) is 1.90. The second-order valence-electron chi connectivity index (χ2n) is 1.88. The molecule has 0 aliphatic rings. The van der Waals surface area contributed by atoms with Crippen LogP contribution in [0.25, 0.3) is 0 Å².